The number of anilines is 2. The fourth-order valence-electron chi connectivity index (χ4n) is 6.44. The van der Waals surface area contributed by atoms with E-state index in [-0.39, 0.29) is 11.8 Å². The molecule has 0 fully saturated rings. The monoisotopic (exact) mass is 554 g/mol. The first-order valence-corrected chi connectivity index (χ1v) is 14.3. The van der Waals surface area contributed by atoms with Crippen LogP contribution in [0.2, 0.25) is 0 Å². The highest BCUT2D eigenvalue weighted by molar-refractivity contribution is 6.30. The molecule has 6 heteroatoms. The molecule has 0 bridgehead atoms. The third kappa shape index (κ3) is 4.26. The first-order valence-electron chi connectivity index (χ1n) is 14.3. The molecule has 0 spiro atoms. The van der Waals surface area contributed by atoms with E-state index in [1.54, 1.807) is 0 Å². The van der Waals surface area contributed by atoms with Crippen LogP contribution in [0.5, 0.6) is 0 Å². The van der Waals surface area contributed by atoms with Gasteiger partial charge in [0.15, 0.2) is 0 Å². The molecule has 0 saturated heterocycles. The van der Waals surface area contributed by atoms with Crippen molar-refractivity contribution >= 4 is 34.6 Å². The molecular formula is C36H34N4O2. The van der Waals surface area contributed by atoms with Gasteiger partial charge in [-0.1, -0.05) is 96.1 Å². The number of amides is 2. The van der Waals surface area contributed by atoms with Crippen LogP contribution in [0.1, 0.15) is 36.1 Å². The van der Waals surface area contributed by atoms with Gasteiger partial charge in [0, 0.05) is 0 Å². The predicted molar refractivity (Wildman–Crippen MR) is 169 cm³/mol. The number of hydrazone groups is 2. The lowest BCUT2D eigenvalue weighted by atomic mass is 9.54. The predicted octanol–water partition coefficient (Wildman–Crippen LogP) is 6.91. The Morgan fingerprint density at radius 2 is 0.833 bits per heavy atom. The van der Waals surface area contributed by atoms with Gasteiger partial charge in [-0.15, -0.1) is 0 Å². The Morgan fingerprint density at radius 3 is 1.17 bits per heavy atom. The largest absolute Gasteiger partial charge is 0.271 e. The molecule has 42 heavy (non-hydrogen) atoms. The lowest BCUT2D eigenvalue weighted by molar-refractivity contribution is -0.137. The Kier molecular flexibility index (Phi) is 6.85. The van der Waals surface area contributed by atoms with Gasteiger partial charge in [-0.25, -0.2) is 0 Å². The fourth-order valence-corrected chi connectivity index (χ4v) is 6.44. The molecule has 2 aliphatic rings. The van der Waals surface area contributed by atoms with Crippen molar-refractivity contribution in [2.75, 3.05) is 10.0 Å². The molecule has 6 nitrogen and oxygen atoms in total. The standard InChI is InChI=1S/C36H34N4O2/c1-25-15-19-29(20-16-25)23-35(27(3)37-39(33(35)41)31-11-7-5-8-12-31)36(24-30-21-17-26(2)18-22-30)28(4)38-40(34(36)42)32-13-9-6-10-14-32/h5-22H,23-24H2,1-4H3. The summed E-state index contributed by atoms with van der Waals surface area (Å²) < 4.78 is 0. The summed E-state index contributed by atoms with van der Waals surface area (Å²) in [6.07, 6.45) is 0.607. The first kappa shape index (κ1) is 27.3. The summed E-state index contributed by atoms with van der Waals surface area (Å²) in [5.74, 6) is -0.451. The zero-order valence-corrected chi connectivity index (χ0v) is 24.4. The molecule has 0 aromatic heterocycles. The maximum absolute atomic E-state index is 15.1. The van der Waals surface area contributed by atoms with E-state index in [2.05, 4.69) is 0 Å². The van der Waals surface area contributed by atoms with Crippen LogP contribution in [0.25, 0.3) is 0 Å². The third-order valence-electron chi connectivity index (χ3n) is 8.76. The van der Waals surface area contributed by atoms with Gasteiger partial charge in [0.2, 0.25) is 0 Å². The van der Waals surface area contributed by atoms with E-state index < -0.39 is 10.8 Å². The maximum Gasteiger partial charge on any atom is 0.261 e. The van der Waals surface area contributed by atoms with Crippen LogP contribution in [0, 0.1) is 24.7 Å². The van der Waals surface area contributed by atoms with Gasteiger partial charge in [-0.3, -0.25) is 9.59 Å². The summed E-state index contributed by atoms with van der Waals surface area (Å²) in [5.41, 5.74) is 4.05. The smallest absolute Gasteiger partial charge is 0.261 e. The van der Waals surface area contributed by atoms with E-state index in [0.29, 0.717) is 35.6 Å². The number of carbonyl (C=O) groups is 2. The molecule has 2 heterocycles. The summed E-state index contributed by atoms with van der Waals surface area (Å²) in [6, 6.07) is 35.2. The normalized spacial score (nSPS) is 22.0. The Hall–Kier alpha value is -4.84. The minimum atomic E-state index is -1.32. The van der Waals surface area contributed by atoms with Crippen molar-refractivity contribution in [1.29, 1.82) is 0 Å². The molecule has 0 N–H and O–H groups in total. The van der Waals surface area contributed by atoms with Crippen molar-refractivity contribution < 1.29 is 9.59 Å². The summed E-state index contributed by atoms with van der Waals surface area (Å²) >= 11 is 0. The van der Waals surface area contributed by atoms with Crippen LogP contribution in [0.4, 0.5) is 11.4 Å². The van der Waals surface area contributed by atoms with E-state index in [1.807, 2.05) is 137 Å². The topological polar surface area (TPSA) is 65.3 Å². The van der Waals surface area contributed by atoms with Crippen LogP contribution < -0.4 is 10.0 Å². The number of nitrogens with zero attached hydrogens (tertiary/aromatic N) is 4. The quantitative estimate of drug-likeness (QED) is 0.249. The highest BCUT2D eigenvalue weighted by Crippen LogP contribution is 2.55. The molecular weight excluding hydrogens is 520 g/mol. The van der Waals surface area contributed by atoms with Gasteiger partial charge >= 0.3 is 0 Å². The summed E-state index contributed by atoms with van der Waals surface area (Å²) in [5, 5.41) is 12.7. The van der Waals surface area contributed by atoms with Crippen molar-refractivity contribution in [3.05, 3.63) is 131 Å². The summed E-state index contributed by atoms with van der Waals surface area (Å²) in [6.45, 7) is 7.85. The number of hydrogen-bond donors (Lipinski definition) is 0. The van der Waals surface area contributed by atoms with E-state index in [1.165, 1.54) is 10.0 Å². The van der Waals surface area contributed by atoms with Crippen molar-refractivity contribution in [2.45, 2.75) is 40.5 Å². The van der Waals surface area contributed by atoms with Crippen LogP contribution in [0.3, 0.4) is 0 Å². The molecule has 4 aromatic carbocycles. The van der Waals surface area contributed by atoms with Crippen LogP contribution in [0.15, 0.2) is 119 Å². The Bertz CT molecular complexity index is 1570. The summed E-state index contributed by atoms with van der Waals surface area (Å²) in [7, 11) is 0. The Balaban J connectivity index is 1.60. The fraction of sp³-hybridized carbons (Fsp3) is 0.222. The zero-order valence-electron chi connectivity index (χ0n) is 24.4. The first-order chi connectivity index (χ1) is 20.3. The third-order valence-corrected chi connectivity index (χ3v) is 8.76. The van der Waals surface area contributed by atoms with Crippen LogP contribution in [-0.4, -0.2) is 23.2 Å². The zero-order chi connectivity index (χ0) is 29.5. The SMILES string of the molecule is CC1=NN(c2ccccc2)C(=O)C1(Cc1ccc(C)cc1)C1(Cc2ccc(C)cc2)C(=O)N(c2ccccc2)N=C1C. The number of para-hydroxylation sites is 2. The lowest BCUT2D eigenvalue weighted by Gasteiger charge is -2.44. The number of aryl methyl sites for hydroxylation is 2. The van der Waals surface area contributed by atoms with Crippen LogP contribution >= 0.6 is 0 Å². The van der Waals surface area contributed by atoms with Crippen molar-refractivity contribution in [3.8, 4) is 0 Å². The number of rotatable bonds is 7. The molecule has 6 rings (SSSR count). The lowest BCUT2D eigenvalue weighted by Crippen LogP contribution is -2.61. The van der Waals surface area contributed by atoms with Gasteiger partial charge < -0.3 is 0 Å². The van der Waals surface area contributed by atoms with Crippen molar-refractivity contribution in [1.82, 2.24) is 0 Å². The average Bonchev–Trinajstić information content (AvgIpc) is 3.41. The van der Waals surface area contributed by atoms with E-state index in [0.717, 1.165) is 22.3 Å². The molecule has 0 radical (unpaired) electrons. The van der Waals surface area contributed by atoms with Gasteiger partial charge in [-0.2, -0.15) is 20.2 Å². The highest BCUT2D eigenvalue weighted by atomic mass is 16.2. The molecule has 2 unspecified atom stereocenters. The maximum atomic E-state index is 15.1. The molecule has 2 atom stereocenters. The molecule has 2 aliphatic heterocycles. The number of benzene rings is 4. The van der Waals surface area contributed by atoms with Crippen LogP contribution in [-0.2, 0) is 22.4 Å². The van der Waals surface area contributed by atoms with E-state index in [9.17, 15) is 0 Å². The van der Waals surface area contributed by atoms with Gasteiger partial charge in [0.1, 0.15) is 10.8 Å². The Morgan fingerprint density at radius 1 is 0.500 bits per heavy atom. The molecule has 2 amide bonds. The minimum absolute atomic E-state index is 0.225. The molecule has 0 saturated carbocycles. The van der Waals surface area contributed by atoms with Crippen molar-refractivity contribution in [3.63, 3.8) is 0 Å². The number of hydrogen-bond acceptors (Lipinski definition) is 4. The second kappa shape index (κ2) is 10.5. The Labute approximate surface area is 247 Å². The second-order valence-electron chi connectivity index (χ2n) is 11.4. The van der Waals surface area contributed by atoms with E-state index in [4.69, 9.17) is 10.2 Å². The van der Waals surface area contributed by atoms with Gasteiger partial charge in [0.05, 0.1) is 22.8 Å². The minimum Gasteiger partial charge on any atom is -0.271 e. The van der Waals surface area contributed by atoms with Gasteiger partial charge in [-0.05, 0) is 75.9 Å². The molecule has 4 aromatic rings. The average molecular weight is 555 g/mol. The van der Waals surface area contributed by atoms with Gasteiger partial charge in [0.25, 0.3) is 11.8 Å². The second-order valence-corrected chi connectivity index (χ2v) is 11.4. The number of carbonyl (C=O) groups excluding carboxylic acids is 2. The summed E-state index contributed by atoms with van der Waals surface area (Å²) in [4.78, 5) is 30.1. The highest BCUT2D eigenvalue weighted by Gasteiger charge is 2.70. The van der Waals surface area contributed by atoms with Crippen molar-refractivity contribution in [2.24, 2.45) is 21.0 Å². The van der Waals surface area contributed by atoms with E-state index >= 15 is 9.59 Å². The molecule has 210 valence electrons. The molecule has 0 aliphatic carbocycles.